The van der Waals surface area contributed by atoms with Gasteiger partial charge < -0.3 is 0 Å². The molecule has 0 spiro atoms. The van der Waals surface area contributed by atoms with Gasteiger partial charge in [-0.2, -0.15) is 11.3 Å². The number of hydrogen-bond acceptors (Lipinski definition) is 3. The van der Waals surface area contributed by atoms with E-state index < -0.39 is 0 Å². The zero-order valence-electron chi connectivity index (χ0n) is 9.97. The number of nitrogens with one attached hydrogen (secondary N) is 1. The van der Waals surface area contributed by atoms with Gasteiger partial charge in [0.15, 0.2) is 0 Å². The lowest BCUT2D eigenvalue weighted by Crippen LogP contribution is -2.32. The molecule has 2 unspecified atom stereocenters. The minimum atomic E-state index is 0.189. The van der Waals surface area contributed by atoms with Crippen LogP contribution < -0.4 is 11.3 Å². The van der Waals surface area contributed by atoms with Crippen LogP contribution in [-0.2, 0) is 0 Å². The van der Waals surface area contributed by atoms with E-state index in [-0.39, 0.29) is 6.04 Å². The van der Waals surface area contributed by atoms with Crippen molar-refractivity contribution in [1.82, 2.24) is 5.43 Å². The van der Waals surface area contributed by atoms with Crippen LogP contribution in [0.15, 0.2) is 47.2 Å². The van der Waals surface area contributed by atoms with Crippen LogP contribution in [0.2, 0.25) is 0 Å². The molecule has 0 aliphatic heterocycles. The Morgan fingerprint density at radius 3 is 2.47 bits per heavy atom. The maximum Gasteiger partial charge on any atom is 0.0536 e. The third kappa shape index (κ3) is 2.75. The molecule has 3 heteroatoms. The first kappa shape index (κ1) is 12.3. The van der Waals surface area contributed by atoms with Crippen LogP contribution in [0.25, 0.3) is 0 Å². The molecule has 1 aromatic heterocycles. The van der Waals surface area contributed by atoms with Gasteiger partial charge in [0.05, 0.1) is 6.04 Å². The highest BCUT2D eigenvalue weighted by Crippen LogP contribution is 2.33. The van der Waals surface area contributed by atoms with E-state index >= 15 is 0 Å². The molecule has 0 amide bonds. The molecule has 2 nitrogen and oxygen atoms in total. The molecule has 0 aliphatic rings. The molecule has 17 heavy (non-hydrogen) atoms. The van der Waals surface area contributed by atoms with E-state index in [4.69, 9.17) is 5.84 Å². The van der Waals surface area contributed by atoms with Crippen molar-refractivity contribution < 1.29 is 0 Å². The number of benzene rings is 1. The molecule has 0 saturated carbocycles. The Labute approximate surface area is 106 Å². The molecule has 0 bridgehead atoms. The third-order valence-corrected chi connectivity index (χ3v) is 3.85. The summed E-state index contributed by atoms with van der Waals surface area (Å²) < 4.78 is 0. The lowest BCUT2D eigenvalue weighted by molar-refractivity contribution is 0.446. The van der Waals surface area contributed by atoms with E-state index in [9.17, 15) is 0 Å². The van der Waals surface area contributed by atoms with Gasteiger partial charge in [-0.1, -0.05) is 37.3 Å². The Hall–Kier alpha value is -1.16. The summed E-state index contributed by atoms with van der Waals surface area (Å²) in [6.45, 7) is 2.20. The van der Waals surface area contributed by atoms with Crippen molar-refractivity contribution in [3.8, 4) is 0 Å². The maximum atomic E-state index is 5.73. The Bertz CT molecular complexity index is 425. The van der Waals surface area contributed by atoms with Crippen LogP contribution in [0.3, 0.4) is 0 Å². The first-order chi connectivity index (χ1) is 8.36. The Balaban J connectivity index is 2.28. The van der Waals surface area contributed by atoms with Gasteiger partial charge >= 0.3 is 0 Å². The van der Waals surface area contributed by atoms with E-state index in [0.717, 1.165) is 6.42 Å². The molecule has 0 aliphatic carbocycles. The molecule has 0 saturated heterocycles. The highest BCUT2D eigenvalue weighted by atomic mass is 32.1. The van der Waals surface area contributed by atoms with Gasteiger partial charge in [-0.15, -0.1) is 0 Å². The van der Waals surface area contributed by atoms with Crippen molar-refractivity contribution in [1.29, 1.82) is 0 Å². The lowest BCUT2D eigenvalue weighted by atomic mass is 9.86. The molecule has 2 atom stereocenters. The quantitative estimate of drug-likeness (QED) is 0.626. The molecule has 2 rings (SSSR count). The van der Waals surface area contributed by atoms with Gasteiger partial charge in [-0.05, 0) is 34.4 Å². The van der Waals surface area contributed by atoms with E-state index in [1.54, 1.807) is 11.3 Å². The molecule has 1 aromatic carbocycles. The van der Waals surface area contributed by atoms with Crippen molar-refractivity contribution >= 4 is 11.3 Å². The zero-order valence-corrected chi connectivity index (χ0v) is 10.8. The number of thiophene rings is 1. The summed E-state index contributed by atoms with van der Waals surface area (Å²) >= 11 is 1.71. The van der Waals surface area contributed by atoms with E-state index in [1.807, 2.05) is 6.07 Å². The van der Waals surface area contributed by atoms with Crippen LogP contribution >= 0.6 is 11.3 Å². The SMILES string of the molecule is CCC(c1ccccc1)C(NN)c1ccsc1. The minimum Gasteiger partial charge on any atom is -0.271 e. The molecule has 2 aromatic rings. The molecule has 3 N–H and O–H groups in total. The predicted molar refractivity (Wildman–Crippen MR) is 73.9 cm³/mol. The normalized spacial score (nSPS) is 14.5. The second-order valence-electron chi connectivity index (χ2n) is 4.13. The van der Waals surface area contributed by atoms with Crippen LogP contribution in [0.4, 0.5) is 0 Å². The van der Waals surface area contributed by atoms with Crippen molar-refractivity contribution in [3.63, 3.8) is 0 Å². The predicted octanol–water partition coefficient (Wildman–Crippen LogP) is 3.45. The van der Waals surface area contributed by atoms with Crippen LogP contribution in [0.5, 0.6) is 0 Å². The number of nitrogens with two attached hydrogens (primary N) is 1. The van der Waals surface area contributed by atoms with Gasteiger partial charge in [-0.3, -0.25) is 11.3 Å². The summed E-state index contributed by atoms with van der Waals surface area (Å²) in [6, 6.07) is 12.9. The van der Waals surface area contributed by atoms with Gasteiger partial charge in [0.1, 0.15) is 0 Å². The zero-order chi connectivity index (χ0) is 12.1. The highest BCUT2D eigenvalue weighted by Gasteiger charge is 2.22. The van der Waals surface area contributed by atoms with Crippen molar-refractivity contribution in [2.75, 3.05) is 0 Å². The van der Waals surface area contributed by atoms with Crippen LogP contribution in [0.1, 0.15) is 36.4 Å². The van der Waals surface area contributed by atoms with Crippen LogP contribution in [-0.4, -0.2) is 0 Å². The van der Waals surface area contributed by atoms with E-state index in [1.165, 1.54) is 11.1 Å². The number of hydrogen-bond donors (Lipinski definition) is 2. The maximum absolute atomic E-state index is 5.73. The van der Waals surface area contributed by atoms with Gasteiger partial charge in [-0.25, -0.2) is 0 Å². The summed E-state index contributed by atoms with van der Waals surface area (Å²) in [7, 11) is 0. The largest absolute Gasteiger partial charge is 0.271 e. The number of rotatable bonds is 5. The second-order valence-corrected chi connectivity index (χ2v) is 4.91. The Morgan fingerprint density at radius 1 is 1.18 bits per heavy atom. The molecule has 1 heterocycles. The summed E-state index contributed by atoms with van der Waals surface area (Å²) in [5.74, 6) is 6.15. The molecule has 90 valence electrons. The summed E-state index contributed by atoms with van der Waals surface area (Å²) in [5.41, 5.74) is 5.57. The topological polar surface area (TPSA) is 38.0 Å². The molecular formula is C14H18N2S. The fourth-order valence-electron chi connectivity index (χ4n) is 2.26. The lowest BCUT2D eigenvalue weighted by Gasteiger charge is -2.25. The van der Waals surface area contributed by atoms with Crippen molar-refractivity contribution in [2.24, 2.45) is 5.84 Å². The summed E-state index contributed by atoms with van der Waals surface area (Å²) in [4.78, 5) is 0. The third-order valence-electron chi connectivity index (χ3n) is 3.15. The van der Waals surface area contributed by atoms with Gasteiger partial charge in [0.25, 0.3) is 0 Å². The molecule has 0 fully saturated rings. The van der Waals surface area contributed by atoms with Gasteiger partial charge in [0, 0.05) is 5.92 Å². The smallest absolute Gasteiger partial charge is 0.0536 e. The average Bonchev–Trinajstić information content (AvgIpc) is 2.90. The van der Waals surface area contributed by atoms with Crippen LogP contribution in [0, 0.1) is 0 Å². The Morgan fingerprint density at radius 2 is 1.94 bits per heavy atom. The summed E-state index contributed by atoms with van der Waals surface area (Å²) in [5, 5.41) is 4.26. The first-order valence-electron chi connectivity index (χ1n) is 5.90. The fraction of sp³-hybridized carbons (Fsp3) is 0.286. The second kappa shape index (κ2) is 5.96. The van der Waals surface area contributed by atoms with Gasteiger partial charge in [0.2, 0.25) is 0 Å². The van der Waals surface area contributed by atoms with Crippen molar-refractivity contribution in [2.45, 2.75) is 25.3 Å². The number of hydrazine groups is 1. The monoisotopic (exact) mass is 246 g/mol. The van der Waals surface area contributed by atoms with Crippen molar-refractivity contribution in [3.05, 3.63) is 58.3 Å². The van der Waals surface area contributed by atoms with E-state index in [0.29, 0.717) is 5.92 Å². The fourth-order valence-corrected chi connectivity index (χ4v) is 2.96. The average molecular weight is 246 g/mol. The van der Waals surface area contributed by atoms with E-state index in [2.05, 4.69) is 53.4 Å². The molecule has 0 radical (unpaired) electrons. The first-order valence-corrected chi connectivity index (χ1v) is 6.84. The summed E-state index contributed by atoms with van der Waals surface area (Å²) in [6.07, 6.45) is 1.06. The highest BCUT2D eigenvalue weighted by molar-refractivity contribution is 7.07. The minimum absolute atomic E-state index is 0.189. The molecular weight excluding hydrogens is 228 g/mol. The standard InChI is InChI=1S/C14H18N2S/c1-2-13(11-6-4-3-5-7-11)14(16-15)12-8-9-17-10-12/h3-10,13-14,16H,2,15H2,1H3. The Kier molecular flexibility index (Phi) is 4.31.